The second-order valence-electron chi connectivity index (χ2n) is 4.14. The fourth-order valence-electron chi connectivity index (χ4n) is 2.17. The smallest absolute Gasteiger partial charge is 0.257 e. The highest BCUT2D eigenvalue weighted by atomic mass is 16.3. The molecule has 17 heavy (non-hydrogen) atoms. The number of likely N-dealkylation sites (tertiary alicyclic amines) is 1. The maximum atomic E-state index is 12.2. The summed E-state index contributed by atoms with van der Waals surface area (Å²) in [4.78, 5) is 25.5. The predicted molar refractivity (Wildman–Crippen MR) is 61.5 cm³/mol. The number of carbonyl (C=O) groups excluding carboxylic acids is 2. The molecule has 2 rings (SSSR count). The molecule has 1 saturated heterocycles. The third kappa shape index (κ3) is 2.33. The summed E-state index contributed by atoms with van der Waals surface area (Å²) in [6, 6.07) is 1.27. The van der Waals surface area contributed by atoms with E-state index < -0.39 is 0 Å². The molecule has 0 unspecified atom stereocenters. The van der Waals surface area contributed by atoms with Crippen LogP contribution in [0, 0.1) is 0 Å². The van der Waals surface area contributed by atoms with Gasteiger partial charge in [-0.3, -0.25) is 9.59 Å². The summed E-state index contributed by atoms with van der Waals surface area (Å²) in [6.07, 6.45) is 5.53. The van der Waals surface area contributed by atoms with Gasteiger partial charge in [-0.05, 0) is 25.3 Å². The number of rotatable bonds is 2. The van der Waals surface area contributed by atoms with Crippen LogP contribution < -0.4 is 5.32 Å². The van der Waals surface area contributed by atoms with Gasteiger partial charge < -0.3 is 14.6 Å². The molecule has 1 aliphatic rings. The number of likely N-dealkylation sites (N-methyl/N-ethyl adjacent to an activating group) is 1. The first-order chi connectivity index (χ1) is 8.24. The van der Waals surface area contributed by atoms with Crippen LogP contribution in [0.15, 0.2) is 23.0 Å². The molecule has 1 aliphatic heterocycles. The van der Waals surface area contributed by atoms with Crippen LogP contribution in [0.25, 0.3) is 0 Å². The lowest BCUT2D eigenvalue weighted by molar-refractivity contribution is -0.126. The number of hydrogen-bond acceptors (Lipinski definition) is 3. The van der Waals surface area contributed by atoms with E-state index in [0.717, 1.165) is 19.3 Å². The second kappa shape index (κ2) is 5.03. The zero-order valence-corrected chi connectivity index (χ0v) is 9.81. The maximum Gasteiger partial charge on any atom is 0.257 e. The number of hydrogen-bond donors (Lipinski definition) is 1. The molecule has 0 aliphatic carbocycles. The highest BCUT2D eigenvalue weighted by Gasteiger charge is 2.32. The van der Waals surface area contributed by atoms with Crippen LogP contribution in [-0.4, -0.2) is 36.3 Å². The predicted octanol–water partition coefficient (Wildman–Crippen LogP) is 1.02. The number of amides is 2. The number of nitrogens with one attached hydrogen (secondary N) is 1. The Balaban J connectivity index is 2.16. The molecule has 0 bridgehead atoms. The van der Waals surface area contributed by atoms with Crippen LogP contribution in [0.2, 0.25) is 0 Å². The third-order valence-corrected chi connectivity index (χ3v) is 3.08. The van der Waals surface area contributed by atoms with Gasteiger partial charge in [-0.15, -0.1) is 0 Å². The topological polar surface area (TPSA) is 62.6 Å². The lowest BCUT2D eigenvalue weighted by Crippen LogP contribution is -2.51. The van der Waals surface area contributed by atoms with Gasteiger partial charge in [0.2, 0.25) is 5.91 Å². The largest absolute Gasteiger partial charge is 0.472 e. The Morgan fingerprint density at radius 1 is 1.47 bits per heavy atom. The Bertz CT molecular complexity index is 400. The second-order valence-corrected chi connectivity index (χ2v) is 4.14. The minimum atomic E-state index is -0.351. The van der Waals surface area contributed by atoms with E-state index in [2.05, 4.69) is 5.32 Å². The van der Waals surface area contributed by atoms with Crippen molar-refractivity contribution < 1.29 is 14.0 Å². The van der Waals surface area contributed by atoms with Crippen molar-refractivity contribution in [3.05, 3.63) is 24.2 Å². The Morgan fingerprint density at radius 3 is 2.94 bits per heavy atom. The zero-order chi connectivity index (χ0) is 12.3. The number of carbonyl (C=O) groups is 2. The van der Waals surface area contributed by atoms with Gasteiger partial charge in [0.15, 0.2) is 0 Å². The lowest BCUT2D eigenvalue weighted by Gasteiger charge is -2.34. The zero-order valence-electron chi connectivity index (χ0n) is 9.81. The van der Waals surface area contributed by atoms with Crippen LogP contribution >= 0.6 is 0 Å². The van der Waals surface area contributed by atoms with Crippen molar-refractivity contribution in [3.8, 4) is 0 Å². The highest BCUT2D eigenvalue weighted by Crippen LogP contribution is 2.20. The first kappa shape index (κ1) is 11.7. The van der Waals surface area contributed by atoms with Crippen LogP contribution in [0.4, 0.5) is 0 Å². The summed E-state index contributed by atoms with van der Waals surface area (Å²) in [7, 11) is 1.59. The van der Waals surface area contributed by atoms with E-state index in [-0.39, 0.29) is 17.9 Å². The Morgan fingerprint density at radius 2 is 2.29 bits per heavy atom. The first-order valence-electron chi connectivity index (χ1n) is 5.79. The standard InChI is InChI=1S/C12H16N2O3/c1-13-11(15)10-4-2-3-6-14(10)12(16)9-5-7-17-8-9/h5,7-8,10H,2-4,6H2,1H3,(H,13,15)/t10-/m0/s1. The summed E-state index contributed by atoms with van der Waals surface area (Å²) in [6.45, 7) is 0.627. The maximum absolute atomic E-state index is 12.2. The summed E-state index contributed by atoms with van der Waals surface area (Å²) in [5, 5.41) is 2.61. The highest BCUT2D eigenvalue weighted by molar-refractivity contribution is 5.97. The Kier molecular flexibility index (Phi) is 3.46. The fourth-order valence-corrected chi connectivity index (χ4v) is 2.17. The molecule has 0 radical (unpaired) electrons. The Hall–Kier alpha value is -1.78. The van der Waals surface area contributed by atoms with E-state index in [4.69, 9.17) is 4.42 Å². The third-order valence-electron chi connectivity index (χ3n) is 3.08. The molecule has 92 valence electrons. The molecule has 0 spiro atoms. The number of nitrogens with zero attached hydrogens (tertiary/aromatic N) is 1. The SMILES string of the molecule is CNC(=O)[C@@H]1CCCCN1C(=O)c1ccoc1. The van der Waals surface area contributed by atoms with E-state index in [1.54, 1.807) is 18.0 Å². The van der Waals surface area contributed by atoms with Crippen LogP contribution in [-0.2, 0) is 4.79 Å². The minimum Gasteiger partial charge on any atom is -0.472 e. The van der Waals surface area contributed by atoms with Crippen molar-refractivity contribution in [1.82, 2.24) is 10.2 Å². The molecular formula is C12H16N2O3. The monoisotopic (exact) mass is 236 g/mol. The van der Waals surface area contributed by atoms with E-state index in [1.165, 1.54) is 12.5 Å². The van der Waals surface area contributed by atoms with Gasteiger partial charge in [-0.25, -0.2) is 0 Å². The molecular weight excluding hydrogens is 220 g/mol. The summed E-state index contributed by atoms with van der Waals surface area (Å²) >= 11 is 0. The molecule has 1 fully saturated rings. The summed E-state index contributed by atoms with van der Waals surface area (Å²) < 4.78 is 4.90. The van der Waals surface area contributed by atoms with Gasteiger partial charge in [-0.2, -0.15) is 0 Å². The van der Waals surface area contributed by atoms with E-state index in [0.29, 0.717) is 12.1 Å². The molecule has 1 aromatic rings. The van der Waals surface area contributed by atoms with Crippen LogP contribution in [0.1, 0.15) is 29.6 Å². The van der Waals surface area contributed by atoms with Crippen molar-refractivity contribution in [3.63, 3.8) is 0 Å². The van der Waals surface area contributed by atoms with Crippen LogP contribution in [0.5, 0.6) is 0 Å². The minimum absolute atomic E-state index is 0.0958. The van der Waals surface area contributed by atoms with Crippen molar-refractivity contribution in [1.29, 1.82) is 0 Å². The molecule has 5 nitrogen and oxygen atoms in total. The van der Waals surface area contributed by atoms with Crippen molar-refractivity contribution in [2.24, 2.45) is 0 Å². The van der Waals surface area contributed by atoms with Gasteiger partial charge in [0.25, 0.3) is 5.91 Å². The lowest BCUT2D eigenvalue weighted by atomic mass is 10.0. The van der Waals surface area contributed by atoms with E-state index >= 15 is 0 Å². The molecule has 2 amide bonds. The van der Waals surface area contributed by atoms with E-state index in [1.807, 2.05) is 0 Å². The van der Waals surface area contributed by atoms with Gasteiger partial charge in [-0.1, -0.05) is 0 Å². The molecule has 1 aromatic heterocycles. The number of piperidine rings is 1. The molecule has 0 saturated carbocycles. The van der Waals surface area contributed by atoms with Crippen molar-refractivity contribution in [2.75, 3.05) is 13.6 Å². The number of furan rings is 1. The van der Waals surface area contributed by atoms with Gasteiger partial charge in [0.1, 0.15) is 12.3 Å². The van der Waals surface area contributed by atoms with Crippen molar-refractivity contribution in [2.45, 2.75) is 25.3 Å². The van der Waals surface area contributed by atoms with Gasteiger partial charge >= 0.3 is 0 Å². The normalized spacial score (nSPS) is 20.1. The molecule has 2 heterocycles. The molecule has 5 heteroatoms. The summed E-state index contributed by atoms with van der Waals surface area (Å²) in [5.74, 6) is -0.228. The average molecular weight is 236 g/mol. The molecule has 0 aromatic carbocycles. The van der Waals surface area contributed by atoms with Gasteiger partial charge in [0, 0.05) is 13.6 Å². The first-order valence-corrected chi connectivity index (χ1v) is 5.79. The van der Waals surface area contributed by atoms with Crippen molar-refractivity contribution >= 4 is 11.8 Å². The molecule has 1 atom stereocenters. The van der Waals surface area contributed by atoms with Gasteiger partial charge in [0.05, 0.1) is 11.8 Å². The fraction of sp³-hybridized carbons (Fsp3) is 0.500. The molecule has 1 N–H and O–H groups in total. The Labute approximate surface area is 99.8 Å². The quantitative estimate of drug-likeness (QED) is 0.834. The average Bonchev–Trinajstić information content (AvgIpc) is 2.91. The van der Waals surface area contributed by atoms with E-state index in [9.17, 15) is 9.59 Å². The van der Waals surface area contributed by atoms with Crippen LogP contribution in [0.3, 0.4) is 0 Å². The summed E-state index contributed by atoms with van der Waals surface area (Å²) in [5.41, 5.74) is 0.501.